The minimum absolute atomic E-state index is 0.00413. The van der Waals surface area contributed by atoms with E-state index in [4.69, 9.17) is 0 Å². The lowest BCUT2D eigenvalue weighted by atomic mass is 9.46. The molecule has 4 aromatic carbocycles. The first-order chi connectivity index (χ1) is 22.4. The maximum atomic E-state index is 15.3. The van der Waals surface area contributed by atoms with Crippen LogP contribution in [0.4, 0.5) is 0 Å². The molecule has 0 unspecified atom stereocenters. The van der Waals surface area contributed by atoms with Crippen LogP contribution in [0.1, 0.15) is 39.3 Å². The van der Waals surface area contributed by atoms with E-state index in [0.717, 1.165) is 52.1 Å². The van der Waals surface area contributed by atoms with Gasteiger partial charge in [-0.2, -0.15) is 0 Å². The van der Waals surface area contributed by atoms with Crippen molar-refractivity contribution in [2.45, 2.75) is 33.9 Å². The van der Waals surface area contributed by atoms with E-state index in [1.54, 1.807) is 0 Å². The summed E-state index contributed by atoms with van der Waals surface area (Å²) in [7, 11) is 0. The van der Waals surface area contributed by atoms with E-state index >= 15 is 9.59 Å². The van der Waals surface area contributed by atoms with Crippen molar-refractivity contribution in [3.05, 3.63) is 152 Å². The summed E-state index contributed by atoms with van der Waals surface area (Å²) in [6.07, 6.45) is 0.814. The lowest BCUT2D eigenvalue weighted by molar-refractivity contribution is -0.141. The maximum absolute atomic E-state index is 15.3. The van der Waals surface area contributed by atoms with Crippen molar-refractivity contribution < 1.29 is 24.0 Å². The molecule has 4 aromatic rings. The van der Waals surface area contributed by atoms with Crippen LogP contribution < -0.4 is 0 Å². The predicted octanol–water partition coefficient (Wildman–Crippen LogP) is 4.94. The monoisotopic (exact) mass is 640 g/mol. The van der Waals surface area contributed by atoms with Crippen molar-refractivity contribution >= 4 is 53.4 Å². The highest BCUT2D eigenvalue weighted by molar-refractivity contribution is 8.14. The SMILES string of the molecule is O=CC12c3ccccc3C(c3ccccc31)[C@]13SC4=C(S[C@]21C(=O)N(Cc1ccccc1)C3=O)C(=O)N(Cc1ccccc1)C4=O. The molecule has 2 bridgehead atoms. The van der Waals surface area contributed by atoms with Gasteiger partial charge in [0.1, 0.15) is 21.2 Å². The summed E-state index contributed by atoms with van der Waals surface area (Å²) in [5.41, 5.74) is 2.79. The summed E-state index contributed by atoms with van der Waals surface area (Å²) in [6.45, 7) is 0.0571. The van der Waals surface area contributed by atoms with Gasteiger partial charge in [0.25, 0.3) is 11.8 Å². The van der Waals surface area contributed by atoms with Crippen LogP contribution in [-0.2, 0) is 42.5 Å². The van der Waals surface area contributed by atoms with Gasteiger partial charge in [0.15, 0.2) is 0 Å². The number of carbonyl (C=O) groups excluding carboxylic acids is 5. The molecular formula is C37H24N2O5S2. The van der Waals surface area contributed by atoms with Gasteiger partial charge in [-0.05, 0) is 33.4 Å². The number of imide groups is 2. The number of carbonyl (C=O) groups is 5. The third-order valence-electron chi connectivity index (χ3n) is 10.1. The summed E-state index contributed by atoms with van der Waals surface area (Å²) in [5, 5.41) is 0. The van der Waals surface area contributed by atoms with Crippen molar-refractivity contribution in [2.24, 2.45) is 0 Å². The van der Waals surface area contributed by atoms with Crippen LogP contribution in [0.3, 0.4) is 0 Å². The van der Waals surface area contributed by atoms with Crippen LogP contribution in [-0.4, -0.2) is 49.2 Å². The molecule has 0 radical (unpaired) electrons. The van der Waals surface area contributed by atoms with E-state index < -0.39 is 44.5 Å². The minimum Gasteiger partial charge on any atom is -0.302 e. The second-order valence-electron chi connectivity index (χ2n) is 12.2. The summed E-state index contributed by atoms with van der Waals surface area (Å²) in [5.74, 6) is -2.64. The lowest BCUT2D eigenvalue weighted by Crippen LogP contribution is -2.74. The first-order valence-corrected chi connectivity index (χ1v) is 16.6. The fourth-order valence-corrected chi connectivity index (χ4v) is 12.2. The fourth-order valence-electron chi connectivity index (χ4n) is 8.36. The molecule has 1 saturated heterocycles. The van der Waals surface area contributed by atoms with Gasteiger partial charge >= 0.3 is 0 Å². The second-order valence-corrected chi connectivity index (χ2v) is 14.7. The Balaban J connectivity index is 1.31. The molecule has 46 heavy (non-hydrogen) atoms. The van der Waals surface area contributed by atoms with E-state index in [9.17, 15) is 14.4 Å². The number of aldehydes is 1. The molecule has 0 saturated carbocycles. The predicted molar refractivity (Wildman–Crippen MR) is 173 cm³/mol. The number of hydrogen-bond donors (Lipinski definition) is 0. The fraction of sp³-hybridized carbons (Fsp3) is 0.162. The van der Waals surface area contributed by atoms with Crippen molar-refractivity contribution in [3.63, 3.8) is 0 Å². The smallest absolute Gasteiger partial charge is 0.268 e. The third kappa shape index (κ3) is 3.01. The van der Waals surface area contributed by atoms with Gasteiger partial charge in [0, 0.05) is 5.92 Å². The Labute approximate surface area is 272 Å². The van der Waals surface area contributed by atoms with Crippen LogP contribution in [0.2, 0.25) is 0 Å². The number of benzene rings is 4. The number of likely N-dealkylation sites (tertiary alicyclic amines) is 1. The Hall–Kier alpha value is -4.73. The summed E-state index contributed by atoms with van der Waals surface area (Å²) >= 11 is 1.99. The van der Waals surface area contributed by atoms with Crippen LogP contribution in [0.5, 0.6) is 0 Å². The molecular weight excluding hydrogens is 617 g/mol. The Morgan fingerprint density at radius 2 is 1.07 bits per heavy atom. The molecule has 10 rings (SSSR count). The van der Waals surface area contributed by atoms with Crippen LogP contribution in [0.15, 0.2) is 119 Å². The van der Waals surface area contributed by atoms with Gasteiger partial charge in [0.2, 0.25) is 11.8 Å². The van der Waals surface area contributed by atoms with Gasteiger partial charge in [-0.25, -0.2) is 0 Å². The Morgan fingerprint density at radius 3 is 1.61 bits per heavy atom. The van der Waals surface area contributed by atoms with E-state index in [1.165, 1.54) is 9.80 Å². The molecule has 1 fully saturated rings. The van der Waals surface area contributed by atoms with Crippen LogP contribution in [0.25, 0.3) is 0 Å². The minimum atomic E-state index is -1.76. The number of hydrogen-bond acceptors (Lipinski definition) is 7. The average Bonchev–Trinajstić information content (AvgIpc) is 3.43. The zero-order valence-electron chi connectivity index (χ0n) is 24.2. The normalized spacial score (nSPS) is 28.6. The molecule has 3 aliphatic heterocycles. The van der Waals surface area contributed by atoms with Crippen molar-refractivity contribution in [1.82, 2.24) is 9.80 Å². The summed E-state index contributed by atoms with van der Waals surface area (Å²) in [4.78, 5) is 75.6. The second kappa shape index (κ2) is 9.40. The molecule has 9 heteroatoms. The molecule has 0 spiro atoms. The molecule has 224 valence electrons. The molecule has 2 atom stereocenters. The largest absolute Gasteiger partial charge is 0.302 e. The maximum Gasteiger partial charge on any atom is 0.268 e. The molecule has 6 aliphatic rings. The highest BCUT2D eigenvalue weighted by Gasteiger charge is 2.87. The molecule has 0 aromatic heterocycles. The van der Waals surface area contributed by atoms with E-state index in [0.29, 0.717) is 11.1 Å². The highest BCUT2D eigenvalue weighted by Crippen LogP contribution is 2.78. The van der Waals surface area contributed by atoms with E-state index in [2.05, 4.69) is 0 Å². The highest BCUT2D eigenvalue weighted by atomic mass is 32.2. The van der Waals surface area contributed by atoms with Gasteiger partial charge < -0.3 is 4.79 Å². The molecule has 3 aliphatic carbocycles. The zero-order valence-corrected chi connectivity index (χ0v) is 25.8. The first-order valence-electron chi connectivity index (χ1n) is 15.0. The van der Waals surface area contributed by atoms with Crippen LogP contribution >= 0.6 is 23.5 Å². The Bertz CT molecular complexity index is 2050. The lowest BCUT2D eigenvalue weighted by Gasteiger charge is -2.63. The zero-order chi connectivity index (χ0) is 31.4. The quantitative estimate of drug-likeness (QED) is 0.226. The van der Waals surface area contributed by atoms with E-state index in [-0.39, 0.29) is 22.9 Å². The Morgan fingerprint density at radius 1 is 0.587 bits per heavy atom. The standard InChI is InChI=1S/C37H24N2O5S2/c40-21-35-26-17-9-7-15-24(26)28(25-16-8-10-18-27(25)35)36-33(43)39(20-23-13-5-2-6-14-23)34(44)37(35,36)46-30-29(45-36)31(41)38(32(30)42)19-22-11-3-1-4-12-22/h1-18,21,28H,19-20H2/t28?,35?,36-,37-/m1/s1. The summed E-state index contributed by atoms with van der Waals surface area (Å²) < 4.78 is -3.37. The number of thioether (sulfide) groups is 2. The summed E-state index contributed by atoms with van der Waals surface area (Å²) in [6, 6.07) is 33.5. The molecule has 3 heterocycles. The number of rotatable bonds is 5. The number of nitrogens with zero attached hydrogens (tertiary/aromatic N) is 2. The number of amides is 4. The van der Waals surface area contributed by atoms with Crippen LogP contribution in [0, 0.1) is 0 Å². The van der Waals surface area contributed by atoms with Gasteiger partial charge in [0.05, 0.1) is 22.9 Å². The van der Waals surface area contributed by atoms with Gasteiger partial charge in [-0.3, -0.25) is 29.0 Å². The van der Waals surface area contributed by atoms with E-state index in [1.807, 2.05) is 109 Å². The molecule has 7 nitrogen and oxygen atoms in total. The van der Waals surface area contributed by atoms with Gasteiger partial charge in [-0.15, -0.1) is 0 Å². The van der Waals surface area contributed by atoms with Crippen molar-refractivity contribution in [2.75, 3.05) is 0 Å². The molecule has 0 N–H and O–H groups in total. The van der Waals surface area contributed by atoms with Gasteiger partial charge in [-0.1, -0.05) is 133 Å². The van der Waals surface area contributed by atoms with Crippen molar-refractivity contribution in [1.29, 1.82) is 0 Å². The van der Waals surface area contributed by atoms with Crippen molar-refractivity contribution in [3.8, 4) is 0 Å². The first kappa shape index (κ1) is 27.6. The topological polar surface area (TPSA) is 91.8 Å². The Kier molecular flexibility index (Phi) is 5.64. The molecule has 4 amide bonds. The average molecular weight is 641 g/mol. The third-order valence-corrected chi connectivity index (χ3v) is 13.7.